The van der Waals surface area contributed by atoms with Gasteiger partial charge in [-0.1, -0.05) is 11.2 Å². The molecule has 0 bridgehead atoms. The topological polar surface area (TPSA) is 202 Å². The number of hydrogen-bond donors (Lipinski definition) is 4. The molecule has 4 rings (SSSR count). The number of aromatic nitrogens is 5. The van der Waals surface area contributed by atoms with Gasteiger partial charge in [0.15, 0.2) is 16.7 Å². The second kappa shape index (κ2) is 8.19. The summed E-state index contributed by atoms with van der Waals surface area (Å²) in [5, 5.41) is 36.7. The van der Waals surface area contributed by atoms with E-state index < -0.39 is 34.6 Å². The lowest BCUT2D eigenvalue weighted by atomic mass is 9.86. The molecule has 0 aliphatic carbocycles. The van der Waals surface area contributed by atoms with Crippen LogP contribution in [0, 0.1) is 5.41 Å². The number of nitrogens with two attached hydrogens (primary N) is 1. The highest BCUT2D eigenvalue weighted by Gasteiger charge is 2.57. The molecule has 2 aromatic heterocycles. The molecule has 16 heteroatoms. The number of aryl methyl sites for hydroxylation is 1. The zero-order valence-electron chi connectivity index (χ0n) is 16.4. The molecule has 0 saturated carbocycles. The zero-order valence-corrected chi connectivity index (χ0v) is 18.1. The van der Waals surface area contributed by atoms with Crippen molar-refractivity contribution >= 4 is 57.8 Å². The summed E-state index contributed by atoms with van der Waals surface area (Å²) in [4.78, 5) is 42.6. The van der Waals surface area contributed by atoms with E-state index >= 15 is 0 Å². The molecule has 2 fully saturated rings. The maximum absolute atomic E-state index is 12.7. The maximum atomic E-state index is 12.7. The van der Waals surface area contributed by atoms with Gasteiger partial charge in [-0.15, -0.1) is 28.2 Å². The fourth-order valence-electron chi connectivity index (χ4n) is 3.33. The van der Waals surface area contributed by atoms with Crippen molar-refractivity contribution in [2.45, 2.75) is 11.4 Å². The van der Waals surface area contributed by atoms with Crippen molar-refractivity contribution in [3.05, 3.63) is 23.0 Å². The Morgan fingerprint density at radius 2 is 2.25 bits per heavy atom. The van der Waals surface area contributed by atoms with Gasteiger partial charge >= 0.3 is 5.97 Å². The fraction of sp³-hybridized carbons (Fsp3) is 0.375. The zero-order chi connectivity index (χ0) is 23.0. The van der Waals surface area contributed by atoms with E-state index in [2.05, 4.69) is 31.0 Å². The minimum Gasteiger partial charge on any atom is -0.481 e. The number of carboxylic acid groups (broad SMARTS) is 1. The van der Waals surface area contributed by atoms with E-state index in [1.165, 1.54) is 38.9 Å². The molecule has 5 N–H and O–H groups in total. The van der Waals surface area contributed by atoms with Crippen LogP contribution in [0.1, 0.15) is 11.5 Å². The van der Waals surface area contributed by atoms with Crippen LogP contribution in [0.2, 0.25) is 0 Å². The van der Waals surface area contributed by atoms with Crippen molar-refractivity contribution in [2.75, 3.05) is 18.0 Å². The van der Waals surface area contributed by atoms with E-state index in [1.807, 2.05) is 0 Å². The van der Waals surface area contributed by atoms with Gasteiger partial charge in [0.05, 0.1) is 0 Å². The summed E-state index contributed by atoms with van der Waals surface area (Å²) in [5.74, 6) is -1.79. The van der Waals surface area contributed by atoms with Crippen LogP contribution in [0.5, 0.6) is 0 Å². The van der Waals surface area contributed by atoms with E-state index in [9.17, 15) is 24.7 Å². The van der Waals surface area contributed by atoms with E-state index in [-0.39, 0.29) is 28.8 Å². The number of β-lactam (4-membered cyclic amide) rings is 1. The molecular formula is C16H17N9O5S2. The van der Waals surface area contributed by atoms with Crippen molar-refractivity contribution in [2.24, 2.45) is 17.6 Å². The number of anilines is 1. The van der Waals surface area contributed by atoms with Crippen LogP contribution in [0.3, 0.4) is 0 Å². The SMILES string of the molecule is Cn1nnnc1C=CC1(C(=O)O)CS[C@@H]2C(NC(=O)C(=NO)c3csc(N)n3)C(=O)N2C1. The summed E-state index contributed by atoms with van der Waals surface area (Å²) < 4.78 is 1.39. The van der Waals surface area contributed by atoms with Crippen LogP contribution in [0.25, 0.3) is 6.08 Å². The third kappa shape index (κ3) is 3.66. The number of tetrazole rings is 1. The molecule has 2 saturated heterocycles. The minimum absolute atomic E-state index is 0.0729. The van der Waals surface area contributed by atoms with Crippen LogP contribution in [-0.4, -0.2) is 87.6 Å². The summed E-state index contributed by atoms with van der Waals surface area (Å²) in [6, 6.07) is -0.890. The number of thiazole rings is 1. The lowest BCUT2D eigenvalue weighted by Crippen LogP contribution is -2.73. The monoisotopic (exact) mass is 479 g/mol. The molecule has 0 spiro atoms. The van der Waals surface area contributed by atoms with Crippen LogP contribution >= 0.6 is 23.1 Å². The molecule has 14 nitrogen and oxygen atoms in total. The highest BCUT2D eigenvalue weighted by molar-refractivity contribution is 8.00. The lowest BCUT2D eigenvalue weighted by molar-refractivity contribution is -0.155. The van der Waals surface area contributed by atoms with Gasteiger partial charge in [0.25, 0.3) is 5.91 Å². The number of nitrogens with zero attached hydrogens (tertiary/aromatic N) is 7. The molecular weight excluding hydrogens is 462 g/mol. The van der Waals surface area contributed by atoms with Crippen molar-refractivity contribution in [3.8, 4) is 0 Å². The minimum atomic E-state index is -1.34. The number of thioether (sulfide) groups is 1. The average molecular weight is 480 g/mol. The van der Waals surface area contributed by atoms with Gasteiger partial charge in [0.1, 0.15) is 22.5 Å². The Morgan fingerprint density at radius 1 is 1.47 bits per heavy atom. The number of carbonyl (C=O) groups excluding carboxylic acids is 2. The Morgan fingerprint density at radius 3 is 2.84 bits per heavy atom. The standard InChI is InChI=1S/C16H17N9O5S2/c1-24-8(20-22-23-24)2-3-16(14(28)29)5-25-12(27)10(13(25)32-6-16)19-11(26)9(21-30)7-4-31-15(17)18-7/h2-4,10,13,30H,5-6H2,1H3,(H2,17,18)(H,19,26)(H,28,29)/t10?,13-,16?/m1/s1. The first-order valence-electron chi connectivity index (χ1n) is 9.07. The van der Waals surface area contributed by atoms with E-state index in [0.29, 0.717) is 5.82 Å². The number of oxime groups is 1. The number of hydrogen-bond acceptors (Lipinski definition) is 12. The van der Waals surface area contributed by atoms with Crippen LogP contribution in [0.4, 0.5) is 5.13 Å². The highest BCUT2D eigenvalue weighted by atomic mass is 32.2. The van der Waals surface area contributed by atoms with Gasteiger partial charge in [-0.3, -0.25) is 14.4 Å². The highest BCUT2D eigenvalue weighted by Crippen LogP contribution is 2.43. The summed E-state index contributed by atoms with van der Waals surface area (Å²) >= 11 is 2.30. The molecule has 2 amide bonds. The number of nitrogens with one attached hydrogen (secondary N) is 1. The smallest absolute Gasteiger partial charge is 0.316 e. The summed E-state index contributed by atoms with van der Waals surface area (Å²) in [5.41, 5.74) is 3.92. The Bertz CT molecular complexity index is 1140. The predicted molar refractivity (Wildman–Crippen MR) is 113 cm³/mol. The molecule has 4 heterocycles. The van der Waals surface area contributed by atoms with Crippen LogP contribution in [-0.2, 0) is 21.4 Å². The molecule has 32 heavy (non-hydrogen) atoms. The van der Waals surface area contributed by atoms with E-state index in [1.54, 1.807) is 7.05 Å². The second-order valence-electron chi connectivity index (χ2n) is 7.09. The molecule has 2 aliphatic heterocycles. The molecule has 2 aromatic rings. The van der Waals surface area contributed by atoms with Gasteiger partial charge in [-0.25, -0.2) is 9.67 Å². The maximum Gasteiger partial charge on any atom is 0.316 e. The average Bonchev–Trinajstić information content (AvgIpc) is 3.38. The quantitative estimate of drug-likeness (QED) is 0.164. The Labute approximate surface area is 188 Å². The van der Waals surface area contributed by atoms with Crippen molar-refractivity contribution in [1.29, 1.82) is 0 Å². The third-order valence-electron chi connectivity index (χ3n) is 5.10. The van der Waals surface area contributed by atoms with Gasteiger partial charge in [-0.05, 0) is 16.5 Å². The first kappa shape index (κ1) is 21.7. The first-order chi connectivity index (χ1) is 15.3. The van der Waals surface area contributed by atoms with Gasteiger partial charge in [-0.2, -0.15) is 0 Å². The molecule has 3 atom stereocenters. The van der Waals surface area contributed by atoms with Crippen LogP contribution < -0.4 is 11.1 Å². The molecule has 0 aromatic carbocycles. The van der Waals surface area contributed by atoms with E-state index in [4.69, 9.17) is 5.73 Å². The first-order valence-corrected chi connectivity index (χ1v) is 11.0. The summed E-state index contributed by atoms with van der Waals surface area (Å²) in [7, 11) is 1.62. The van der Waals surface area contributed by atoms with Crippen LogP contribution in [0.15, 0.2) is 16.6 Å². The predicted octanol–water partition coefficient (Wildman–Crippen LogP) is -1.39. The number of amides is 2. The number of carbonyl (C=O) groups is 3. The second-order valence-corrected chi connectivity index (χ2v) is 9.09. The Hall–Kier alpha value is -3.53. The fourth-order valence-corrected chi connectivity index (χ4v) is 5.39. The number of fused-ring (bicyclic) bond motifs is 1. The summed E-state index contributed by atoms with van der Waals surface area (Å²) in [6.45, 7) is -0.0729. The normalized spacial score (nSPS) is 25.5. The van der Waals surface area contributed by atoms with Gasteiger partial charge in [0.2, 0.25) is 5.91 Å². The number of nitrogen functional groups attached to an aromatic ring is 1. The van der Waals surface area contributed by atoms with Crippen molar-refractivity contribution < 1.29 is 24.7 Å². The molecule has 2 aliphatic rings. The largest absolute Gasteiger partial charge is 0.481 e. The number of carboxylic acids is 1. The van der Waals surface area contributed by atoms with Gasteiger partial charge < -0.3 is 26.3 Å². The summed E-state index contributed by atoms with van der Waals surface area (Å²) in [6.07, 6.45) is 2.98. The Kier molecular flexibility index (Phi) is 5.55. The Balaban J connectivity index is 1.46. The molecule has 2 unspecified atom stereocenters. The van der Waals surface area contributed by atoms with Crippen molar-refractivity contribution in [1.82, 2.24) is 35.4 Å². The third-order valence-corrected chi connectivity index (χ3v) is 7.33. The number of aliphatic carboxylic acids is 1. The van der Waals surface area contributed by atoms with E-state index in [0.717, 1.165) is 11.3 Å². The molecule has 168 valence electrons. The number of rotatable bonds is 6. The van der Waals surface area contributed by atoms with Crippen molar-refractivity contribution in [3.63, 3.8) is 0 Å². The van der Waals surface area contributed by atoms with Gasteiger partial charge in [0, 0.05) is 24.7 Å². The molecule has 0 radical (unpaired) electrons. The lowest BCUT2D eigenvalue weighted by Gasteiger charge is -2.53.